The predicted molar refractivity (Wildman–Crippen MR) is 145 cm³/mol. The normalized spacial score (nSPS) is 24.9. The van der Waals surface area contributed by atoms with Crippen molar-refractivity contribution < 1.29 is 19.4 Å². The summed E-state index contributed by atoms with van der Waals surface area (Å²) < 4.78 is 14.9. The van der Waals surface area contributed by atoms with E-state index in [1.165, 1.54) is 18.2 Å². The fourth-order valence-electron chi connectivity index (χ4n) is 6.73. The van der Waals surface area contributed by atoms with E-state index < -0.39 is 0 Å². The second-order valence-electron chi connectivity index (χ2n) is 11.1. The SMILES string of the molecule is Cc1c(F)cccc1-c1c(O)c([C@@H]2CCCNC2)[c]c([C@H]2CC3CCN2CC3)c1C(=O)c1cccc(O)c1. The number of fused-ring (bicyclic) bond motifs is 3. The maximum absolute atomic E-state index is 14.9. The molecule has 3 N–H and O–H groups in total. The molecular weight excluding hydrogens is 479 g/mol. The smallest absolute Gasteiger partial charge is 0.194 e. The van der Waals surface area contributed by atoms with Crippen LogP contribution in [0, 0.1) is 24.7 Å². The van der Waals surface area contributed by atoms with Crippen molar-refractivity contribution in [3.63, 3.8) is 0 Å². The number of hydrogen-bond acceptors (Lipinski definition) is 5. The van der Waals surface area contributed by atoms with E-state index in [4.69, 9.17) is 0 Å². The lowest BCUT2D eigenvalue weighted by Gasteiger charge is -2.46. The lowest BCUT2D eigenvalue weighted by molar-refractivity contribution is 0.0483. The van der Waals surface area contributed by atoms with Crippen LogP contribution in [0.1, 0.15) is 76.7 Å². The lowest BCUT2D eigenvalue weighted by Crippen LogP contribution is -2.44. The molecule has 38 heavy (non-hydrogen) atoms. The number of rotatable bonds is 5. The van der Waals surface area contributed by atoms with Gasteiger partial charge in [0.25, 0.3) is 0 Å². The van der Waals surface area contributed by atoms with Crippen LogP contribution in [0.2, 0.25) is 0 Å². The number of nitrogens with one attached hydrogen (secondary N) is 1. The largest absolute Gasteiger partial charge is 0.508 e. The minimum absolute atomic E-state index is 0.000499. The van der Waals surface area contributed by atoms with E-state index in [1.54, 1.807) is 31.2 Å². The maximum Gasteiger partial charge on any atom is 0.194 e. The molecule has 0 aliphatic carbocycles. The minimum atomic E-state index is -0.381. The summed E-state index contributed by atoms with van der Waals surface area (Å²) in [5, 5.41) is 25.5. The molecule has 1 radical (unpaired) electrons. The van der Waals surface area contributed by atoms with Gasteiger partial charge in [0.05, 0.1) is 0 Å². The summed E-state index contributed by atoms with van der Waals surface area (Å²) in [6, 6.07) is 14.7. The van der Waals surface area contributed by atoms with Crippen molar-refractivity contribution in [1.29, 1.82) is 0 Å². The summed E-state index contributed by atoms with van der Waals surface area (Å²) in [4.78, 5) is 16.8. The third-order valence-electron chi connectivity index (χ3n) is 8.84. The van der Waals surface area contributed by atoms with E-state index in [9.17, 15) is 19.4 Å². The van der Waals surface area contributed by atoms with E-state index >= 15 is 0 Å². The highest BCUT2D eigenvalue weighted by Crippen LogP contribution is 2.49. The number of hydrogen-bond donors (Lipinski definition) is 3. The Balaban J connectivity index is 1.65. The number of carbonyl (C=O) groups excluding carboxylic acids is 1. The standard InChI is InChI=1S/C32H34FN2O3/c1-19-24(8-3-9-27(19)33)29-30(31(37)21-5-2-7-23(36)16-21)26(28-15-20-10-13-35(28)14-11-20)17-25(32(29)38)22-6-4-12-34-18-22/h2-3,5,7-9,16,20,22,28,34,36,38H,4,6,10-15,18H2,1H3/t22-,28-/m1/s1. The van der Waals surface area contributed by atoms with Crippen molar-refractivity contribution in [3.05, 3.63) is 82.2 Å². The molecule has 4 aliphatic rings. The van der Waals surface area contributed by atoms with Crippen molar-refractivity contribution in [2.24, 2.45) is 5.92 Å². The zero-order valence-corrected chi connectivity index (χ0v) is 21.8. The number of carbonyl (C=O) groups is 1. The summed E-state index contributed by atoms with van der Waals surface area (Å²) in [7, 11) is 0. The molecule has 0 amide bonds. The Kier molecular flexibility index (Phi) is 6.70. The second kappa shape index (κ2) is 10.2. The Bertz CT molecular complexity index is 1370. The van der Waals surface area contributed by atoms with Crippen LogP contribution in [0.5, 0.6) is 11.5 Å². The van der Waals surface area contributed by atoms with Gasteiger partial charge in [0.1, 0.15) is 17.3 Å². The Labute approximate surface area is 223 Å². The monoisotopic (exact) mass is 513 g/mol. The second-order valence-corrected chi connectivity index (χ2v) is 11.1. The molecule has 4 heterocycles. The van der Waals surface area contributed by atoms with Gasteiger partial charge in [-0.2, -0.15) is 0 Å². The van der Waals surface area contributed by atoms with E-state index in [2.05, 4.69) is 16.3 Å². The first-order valence-corrected chi connectivity index (χ1v) is 13.8. The highest BCUT2D eigenvalue weighted by Gasteiger charge is 2.39. The van der Waals surface area contributed by atoms with Crippen LogP contribution in [0.3, 0.4) is 0 Å². The molecule has 0 saturated carbocycles. The number of ketones is 1. The number of phenolic OH excluding ortho intramolecular Hbond substituents is 2. The summed E-state index contributed by atoms with van der Waals surface area (Å²) in [6.07, 6.45) is 5.14. The Morgan fingerprint density at radius 2 is 1.87 bits per heavy atom. The topological polar surface area (TPSA) is 72.8 Å². The molecule has 2 atom stereocenters. The minimum Gasteiger partial charge on any atom is -0.508 e. The van der Waals surface area contributed by atoms with E-state index in [0.717, 1.165) is 63.8 Å². The first-order valence-electron chi connectivity index (χ1n) is 13.8. The fraction of sp³-hybridized carbons (Fsp3) is 0.406. The van der Waals surface area contributed by atoms with Crippen LogP contribution < -0.4 is 5.32 Å². The summed E-state index contributed by atoms with van der Waals surface area (Å²) in [6.45, 7) is 5.29. The molecular formula is C32H34FN2O3. The first kappa shape index (κ1) is 25.1. The molecule has 2 bridgehead atoms. The van der Waals surface area contributed by atoms with Crippen LogP contribution >= 0.6 is 0 Å². The molecule has 0 unspecified atom stereocenters. The molecule has 7 rings (SSSR count). The molecule has 4 saturated heterocycles. The zero-order chi connectivity index (χ0) is 26.4. The third kappa shape index (κ3) is 4.40. The van der Waals surface area contributed by atoms with Crippen molar-refractivity contribution in [3.8, 4) is 22.6 Å². The zero-order valence-electron chi connectivity index (χ0n) is 21.8. The number of halogens is 1. The van der Waals surface area contributed by atoms with Gasteiger partial charge >= 0.3 is 0 Å². The van der Waals surface area contributed by atoms with Gasteiger partial charge in [-0.3, -0.25) is 9.69 Å². The van der Waals surface area contributed by atoms with Crippen LogP contribution in [0.4, 0.5) is 4.39 Å². The van der Waals surface area contributed by atoms with Crippen molar-refractivity contribution in [2.75, 3.05) is 26.2 Å². The van der Waals surface area contributed by atoms with Crippen molar-refractivity contribution in [2.45, 2.75) is 51.0 Å². The van der Waals surface area contributed by atoms with Gasteiger partial charge in [-0.05, 0) is 106 Å². The summed E-state index contributed by atoms with van der Waals surface area (Å²) >= 11 is 0. The van der Waals surface area contributed by atoms with Gasteiger partial charge in [-0.15, -0.1) is 0 Å². The van der Waals surface area contributed by atoms with E-state index in [0.29, 0.717) is 39.3 Å². The Morgan fingerprint density at radius 1 is 1.08 bits per heavy atom. The number of benzene rings is 3. The third-order valence-corrected chi connectivity index (χ3v) is 8.84. The van der Waals surface area contributed by atoms with Gasteiger partial charge in [0.15, 0.2) is 5.78 Å². The van der Waals surface area contributed by atoms with Crippen molar-refractivity contribution >= 4 is 5.78 Å². The molecule has 4 fully saturated rings. The van der Waals surface area contributed by atoms with Crippen LogP contribution in [-0.4, -0.2) is 47.1 Å². The Morgan fingerprint density at radius 3 is 2.55 bits per heavy atom. The van der Waals surface area contributed by atoms with Crippen LogP contribution in [0.15, 0.2) is 42.5 Å². The molecule has 5 nitrogen and oxygen atoms in total. The average molecular weight is 514 g/mol. The van der Waals surface area contributed by atoms with Crippen LogP contribution in [-0.2, 0) is 0 Å². The maximum atomic E-state index is 14.9. The quantitative estimate of drug-likeness (QED) is 0.373. The number of piperidine rings is 4. The first-order chi connectivity index (χ1) is 18.4. The Hall–Kier alpha value is -3.22. The van der Waals surface area contributed by atoms with Gasteiger partial charge in [0.2, 0.25) is 0 Å². The van der Waals surface area contributed by atoms with Crippen molar-refractivity contribution in [1.82, 2.24) is 10.2 Å². The highest BCUT2D eigenvalue weighted by molar-refractivity contribution is 6.15. The van der Waals surface area contributed by atoms with E-state index in [1.807, 2.05) is 0 Å². The molecule has 0 spiro atoms. The molecule has 4 aliphatic heterocycles. The van der Waals surface area contributed by atoms with Gasteiger partial charge in [-0.25, -0.2) is 4.39 Å². The number of aromatic hydroxyl groups is 2. The number of nitrogens with zero attached hydrogens (tertiary/aromatic N) is 1. The summed E-state index contributed by atoms with van der Waals surface area (Å²) in [5.41, 5.74) is 3.49. The molecule has 3 aromatic carbocycles. The van der Waals surface area contributed by atoms with Crippen LogP contribution in [0.25, 0.3) is 11.1 Å². The fourth-order valence-corrected chi connectivity index (χ4v) is 6.73. The molecule has 6 heteroatoms. The lowest BCUT2D eigenvalue weighted by atomic mass is 9.75. The van der Waals surface area contributed by atoms with E-state index in [-0.39, 0.29) is 35.1 Å². The highest BCUT2D eigenvalue weighted by atomic mass is 19.1. The number of phenols is 2. The van der Waals surface area contributed by atoms with Gasteiger partial charge in [-0.1, -0.05) is 24.3 Å². The summed E-state index contributed by atoms with van der Waals surface area (Å²) in [5.74, 6) is -0.0218. The molecule has 197 valence electrons. The molecule has 0 aromatic heterocycles. The molecule has 3 aromatic rings. The van der Waals surface area contributed by atoms with Gasteiger partial charge < -0.3 is 15.5 Å². The van der Waals surface area contributed by atoms with Gasteiger partial charge in [0, 0.05) is 40.8 Å². The average Bonchev–Trinajstić information content (AvgIpc) is 2.95. The predicted octanol–water partition coefficient (Wildman–Crippen LogP) is 5.87.